The van der Waals surface area contributed by atoms with Gasteiger partial charge in [0.1, 0.15) is 42.2 Å². The molecule has 0 aliphatic carbocycles. The maximum Gasteiger partial charge on any atom is 0.326 e. The van der Waals surface area contributed by atoms with E-state index in [1.807, 2.05) is 30.3 Å². The summed E-state index contributed by atoms with van der Waals surface area (Å²) in [6.45, 7) is 3.10. The number of carbonyl (C=O) groups is 1. The predicted molar refractivity (Wildman–Crippen MR) is 167 cm³/mol. The number of anilines is 2. The number of nitrogens with zero attached hydrogens (tertiary/aromatic N) is 5. The molecule has 0 bridgehead atoms. The molecule has 3 aromatic heterocycles. The van der Waals surface area contributed by atoms with Gasteiger partial charge in [0.25, 0.3) is 0 Å². The van der Waals surface area contributed by atoms with Crippen LogP contribution in [0.2, 0.25) is 0 Å². The molecule has 0 fully saturated rings. The number of aromatic nitrogens is 4. The fraction of sp³-hybridized carbons (Fsp3) is 0.364. The molecule has 4 heterocycles. The number of carboxylic acids is 1. The van der Waals surface area contributed by atoms with E-state index in [9.17, 15) is 14.3 Å². The van der Waals surface area contributed by atoms with E-state index >= 15 is 0 Å². The van der Waals surface area contributed by atoms with Gasteiger partial charge in [-0.15, -0.1) is 0 Å². The number of halogens is 1. The van der Waals surface area contributed by atoms with Crippen LogP contribution in [-0.2, 0) is 17.6 Å². The molecule has 1 aliphatic heterocycles. The Hall–Kier alpha value is -4.64. The average Bonchev–Trinajstić information content (AvgIpc) is 3.05. The molecule has 11 heteroatoms. The average molecular weight is 600 g/mol. The summed E-state index contributed by atoms with van der Waals surface area (Å²) < 4.78 is 19.3. The summed E-state index contributed by atoms with van der Waals surface area (Å²) in [5.74, 6) is 0.418. The Kier molecular flexibility index (Phi) is 11.0. The number of aliphatic carboxylic acids is 1. The Morgan fingerprint density at radius 3 is 2.80 bits per heavy atom. The Morgan fingerprint density at radius 2 is 1.95 bits per heavy atom. The number of unbranched alkanes of at least 4 members (excludes halogenated alkanes) is 1. The van der Waals surface area contributed by atoms with Crippen LogP contribution >= 0.6 is 0 Å². The Labute approximate surface area is 256 Å². The second-order valence-corrected chi connectivity index (χ2v) is 10.8. The van der Waals surface area contributed by atoms with Crippen molar-refractivity contribution in [3.05, 3.63) is 90.5 Å². The molecule has 0 saturated carbocycles. The molecule has 0 spiro atoms. The van der Waals surface area contributed by atoms with E-state index in [2.05, 4.69) is 42.6 Å². The second-order valence-electron chi connectivity index (χ2n) is 10.8. The maximum atomic E-state index is 13.6. The SMILES string of the molecule is O=C(O)C(CCN(CCCCc1ccc2c(n1)NCCC2)CCOc1cncc(F)c1)Nc1ncncc1-c1ccccc1. The Balaban J connectivity index is 1.19. The van der Waals surface area contributed by atoms with Crippen molar-refractivity contribution >= 4 is 17.6 Å². The number of carboxylic acid groups (broad SMARTS) is 1. The molecule has 1 atom stereocenters. The summed E-state index contributed by atoms with van der Waals surface area (Å²) in [4.78, 5) is 31.6. The lowest BCUT2D eigenvalue weighted by molar-refractivity contribution is -0.138. The number of ether oxygens (including phenoxy) is 1. The van der Waals surface area contributed by atoms with Gasteiger partial charge in [-0.2, -0.15) is 0 Å². The monoisotopic (exact) mass is 599 g/mol. The minimum atomic E-state index is -0.961. The van der Waals surface area contributed by atoms with E-state index < -0.39 is 17.8 Å². The van der Waals surface area contributed by atoms with E-state index in [0.717, 1.165) is 74.0 Å². The molecule has 5 rings (SSSR count). The fourth-order valence-electron chi connectivity index (χ4n) is 5.26. The van der Waals surface area contributed by atoms with Gasteiger partial charge in [-0.25, -0.2) is 24.1 Å². The molecule has 44 heavy (non-hydrogen) atoms. The quantitative estimate of drug-likeness (QED) is 0.150. The third kappa shape index (κ3) is 8.93. The minimum absolute atomic E-state index is 0.318. The number of aryl methyl sites for hydroxylation is 2. The van der Waals surface area contributed by atoms with Gasteiger partial charge >= 0.3 is 5.97 Å². The molecule has 230 valence electrons. The van der Waals surface area contributed by atoms with E-state index in [4.69, 9.17) is 9.72 Å². The zero-order valence-corrected chi connectivity index (χ0v) is 24.7. The smallest absolute Gasteiger partial charge is 0.326 e. The van der Waals surface area contributed by atoms with E-state index in [0.29, 0.717) is 37.7 Å². The predicted octanol–water partition coefficient (Wildman–Crippen LogP) is 5.09. The van der Waals surface area contributed by atoms with Crippen molar-refractivity contribution in [2.45, 2.75) is 44.6 Å². The van der Waals surface area contributed by atoms with Crippen molar-refractivity contribution in [2.24, 2.45) is 0 Å². The lowest BCUT2D eigenvalue weighted by Gasteiger charge is -2.25. The third-order valence-corrected chi connectivity index (χ3v) is 7.61. The van der Waals surface area contributed by atoms with Crippen LogP contribution in [0.15, 0.2) is 73.4 Å². The highest BCUT2D eigenvalue weighted by Crippen LogP contribution is 2.26. The summed E-state index contributed by atoms with van der Waals surface area (Å²) in [5.41, 5.74) is 3.98. The van der Waals surface area contributed by atoms with Crippen LogP contribution in [0, 0.1) is 5.82 Å². The van der Waals surface area contributed by atoms with Gasteiger partial charge in [-0.05, 0) is 62.3 Å². The molecule has 1 aliphatic rings. The molecule has 0 radical (unpaired) electrons. The van der Waals surface area contributed by atoms with Gasteiger partial charge in [0.05, 0.1) is 12.4 Å². The lowest BCUT2D eigenvalue weighted by atomic mass is 10.1. The lowest BCUT2D eigenvalue weighted by Crippen LogP contribution is -2.37. The van der Waals surface area contributed by atoms with E-state index in [-0.39, 0.29) is 0 Å². The number of fused-ring (bicyclic) bond motifs is 1. The largest absolute Gasteiger partial charge is 0.491 e. The van der Waals surface area contributed by atoms with Crippen LogP contribution < -0.4 is 15.4 Å². The number of hydrogen-bond acceptors (Lipinski definition) is 9. The second kappa shape index (κ2) is 15.7. The van der Waals surface area contributed by atoms with Gasteiger partial charge in [0.2, 0.25) is 0 Å². The normalized spacial score (nSPS) is 13.1. The van der Waals surface area contributed by atoms with Gasteiger partial charge in [0.15, 0.2) is 0 Å². The number of pyridine rings is 2. The molecule has 1 aromatic carbocycles. The van der Waals surface area contributed by atoms with Crippen molar-refractivity contribution in [3.8, 4) is 16.9 Å². The first-order valence-electron chi connectivity index (χ1n) is 15.1. The Morgan fingerprint density at radius 1 is 1.07 bits per heavy atom. The number of rotatable bonds is 16. The first-order chi connectivity index (χ1) is 21.5. The molecule has 4 aromatic rings. The topological polar surface area (TPSA) is 125 Å². The highest BCUT2D eigenvalue weighted by atomic mass is 19.1. The third-order valence-electron chi connectivity index (χ3n) is 7.61. The van der Waals surface area contributed by atoms with Crippen LogP contribution in [0.1, 0.15) is 36.9 Å². The van der Waals surface area contributed by atoms with Crippen LogP contribution in [0.25, 0.3) is 11.1 Å². The van der Waals surface area contributed by atoms with Crippen LogP contribution in [0.3, 0.4) is 0 Å². The minimum Gasteiger partial charge on any atom is -0.491 e. The van der Waals surface area contributed by atoms with E-state index in [1.54, 1.807) is 6.20 Å². The first-order valence-corrected chi connectivity index (χ1v) is 15.1. The molecule has 10 nitrogen and oxygen atoms in total. The highest BCUT2D eigenvalue weighted by molar-refractivity contribution is 5.81. The van der Waals surface area contributed by atoms with Crippen molar-refractivity contribution in [1.82, 2.24) is 24.8 Å². The standard InChI is InChI=1S/C33H38FN7O3/c34-26-19-28(21-35-20-26)44-18-17-41(15-5-4-10-27-12-11-25-9-6-14-37-31(25)39-27)16-13-30(33(42)43)40-32-29(22-36-23-38-32)24-7-2-1-3-8-24/h1-3,7-8,11-12,19-23,30H,4-6,9-10,13-18H2,(H,37,39)(H,42,43)(H,36,38,40). The first kappa shape index (κ1) is 30.8. The highest BCUT2D eigenvalue weighted by Gasteiger charge is 2.21. The molecular formula is C33H38FN7O3. The zero-order chi connectivity index (χ0) is 30.6. The van der Waals surface area contributed by atoms with Crippen LogP contribution in [0.4, 0.5) is 16.0 Å². The molecule has 1 unspecified atom stereocenters. The van der Waals surface area contributed by atoms with Crippen LogP contribution in [-0.4, -0.2) is 74.7 Å². The summed E-state index contributed by atoms with van der Waals surface area (Å²) in [7, 11) is 0. The van der Waals surface area contributed by atoms with Gasteiger partial charge in [0, 0.05) is 43.2 Å². The van der Waals surface area contributed by atoms with Crippen molar-refractivity contribution in [2.75, 3.05) is 43.4 Å². The molecule has 0 saturated heterocycles. The molecular weight excluding hydrogens is 561 g/mol. The summed E-state index contributed by atoms with van der Waals surface area (Å²) in [5, 5.41) is 16.6. The van der Waals surface area contributed by atoms with Crippen molar-refractivity contribution < 1.29 is 19.0 Å². The summed E-state index contributed by atoms with van der Waals surface area (Å²) >= 11 is 0. The Bertz CT molecular complexity index is 1510. The van der Waals surface area contributed by atoms with Gasteiger partial charge in [-0.3, -0.25) is 9.88 Å². The summed E-state index contributed by atoms with van der Waals surface area (Å²) in [6.07, 6.45) is 11.0. The molecule has 0 amide bonds. The number of benzene rings is 1. The van der Waals surface area contributed by atoms with Gasteiger partial charge in [-0.1, -0.05) is 36.4 Å². The zero-order valence-electron chi connectivity index (χ0n) is 24.7. The van der Waals surface area contributed by atoms with Crippen LogP contribution in [0.5, 0.6) is 5.75 Å². The summed E-state index contributed by atoms with van der Waals surface area (Å²) in [6, 6.07) is 14.4. The van der Waals surface area contributed by atoms with Gasteiger partial charge < -0.3 is 20.5 Å². The molecule has 3 N–H and O–H groups in total. The number of hydrogen-bond donors (Lipinski definition) is 3. The number of nitrogens with one attached hydrogen (secondary N) is 2. The van der Waals surface area contributed by atoms with Crippen molar-refractivity contribution in [3.63, 3.8) is 0 Å². The maximum absolute atomic E-state index is 13.6. The van der Waals surface area contributed by atoms with Crippen molar-refractivity contribution in [1.29, 1.82) is 0 Å². The van der Waals surface area contributed by atoms with E-state index in [1.165, 1.54) is 24.2 Å². The fourth-order valence-corrected chi connectivity index (χ4v) is 5.26.